The van der Waals surface area contributed by atoms with Crippen LogP contribution in [0.5, 0.6) is 0 Å². The van der Waals surface area contributed by atoms with Crippen molar-refractivity contribution >= 4 is 50.6 Å². The van der Waals surface area contributed by atoms with Crippen LogP contribution in [0.25, 0.3) is 16.7 Å². The minimum Gasteiger partial charge on any atom is -0.444 e. The van der Waals surface area contributed by atoms with Crippen molar-refractivity contribution in [3.8, 4) is 0 Å². The van der Waals surface area contributed by atoms with E-state index in [1.54, 1.807) is 10.7 Å². The van der Waals surface area contributed by atoms with Crippen molar-refractivity contribution in [3.63, 3.8) is 0 Å². The molecule has 4 aromatic rings. The minimum atomic E-state index is -0.534. The van der Waals surface area contributed by atoms with Gasteiger partial charge in [-0.1, -0.05) is 12.1 Å². The molecule has 12 heteroatoms. The molecule has 1 aliphatic heterocycles. The van der Waals surface area contributed by atoms with Crippen LogP contribution >= 0.6 is 15.9 Å². The number of aromatic nitrogens is 6. The van der Waals surface area contributed by atoms with E-state index < -0.39 is 11.7 Å². The second kappa shape index (κ2) is 8.08. The second-order valence-corrected chi connectivity index (χ2v) is 10.9. The molecular formula is C23H26BrN9O2. The molecule has 2 aliphatic rings. The van der Waals surface area contributed by atoms with Gasteiger partial charge < -0.3 is 25.3 Å². The second-order valence-electron chi connectivity index (χ2n) is 10.0. The molecule has 4 heterocycles. The topological polar surface area (TPSA) is 125 Å². The number of hydrogen-bond donors (Lipinski definition) is 3. The average molecular weight is 540 g/mol. The number of carbonyl (C=O) groups is 1. The third-order valence-electron chi connectivity index (χ3n) is 6.24. The van der Waals surface area contributed by atoms with Crippen LogP contribution in [0.2, 0.25) is 0 Å². The van der Waals surface area contributed by atoms with Crippen LogP contribution in [0.1, 0.15) is 33.0 Å². The molecule has 1 unspecified atom stereocenters. The first-order chi connectivity index (χ1) is 16.7. The SMILES string of the molecule is CC(C)(C)OC(=O)NC1CN(c2nc(NCc3nc4ccccc4[nH]3)n3ncc(Br)c3n2)[C@H]2C[C@H]12. The number of piperidine rings is 1. The molecule has 35 heavy (non-hydrogen) atoms. The first kappa shape index (κ1) is 22.1. The molecule has 1 saturated heterocycles. The highest BCUT2D eigenvalue weighted by Gasteiger charge is 2.55. The summed E-state index contributed by atoms with van der Waals surface area (Å²) in [5.41, 5.74) is 2.04. The van der Waals surface area contributed by atoms with Gasteiger partial charge in [0.05, 0.1) is 34.3 Å². The van der Waals surface area contributed by atoms with Gasteiger partial charge in [-0.2, -0.15) is 19.6 Å². The molecule has 2 fully saturated rings. The number of carbonyl (C=O) groups excluding carboxylic acids is 1. The fourth-order valence-corrected chi connectivity index (χ4v) is 5.00. The third kappa shape index (κ3) is 4.26. The van der Waals surface area contributed by atoms with Gasteiger partial charge in [0.2, 0.25) is 11.9 Å². The van der Waals surface area contributed by atoms with Crippen LogP contribution in [0.15, 0.2) is 34.9 Å². The Morgan fingerprint density at radius 3 is 2.89 bits per heavy atom. The highest BCUT2D eigenvalue weighted by molar-refractivity contribution is 9.10. The Morgan fingerprint density at radius 1 is 1.26 bits per heavy atom. The summed E-state index contributed by atoms with van der Waals surface area (Å²) in [5, 5.41) is 10.8. The maximum absolute atomic E-state index is 12.3. The number of imidazole rings is 1. The Hall–Kier alpha value is -3.41. The first-order valence-electron chi connectivity index (χ1n) is 11.6. The van der Waals surface area contributed by atoms with Gasteiger partial charge >= 0.3 is 6.09 Å². The molecule has 1 aliphatic carbocycles. The van der Waals surface area contributed by atoms with Gasteiger partial charge in [-0.3, -0.25) is 0 Å². The molecule has 0 bridgehead atoms. The molecule has 6 rings (SSSR count). The van der Waals surface area contributed by atoms with Crippen LogP contribution in [0, 0.1) is 5.92 Å². The minimum absolute atomic E-state index is 0.00464. The summed E-state index contributed by atoms with van der Waals surface area (Å²) in [6.45, 7) is 6.66. The normalized spacial score (nSPS) is 21.4. The van der Waals surface area contributed by atoms with Crippen molar-refractivity contribution in [2.75, 3.05) is 16.8 Å². The summed E-state index contributed by atoms with van der Waals surface area (Å²) < 4.78 is 7.90. The quantitative estimate of drug-likeness (QED) is 0.352. The number of ether oxygens (including phenoxy) is 1. The van der Waals surface area contributed by atoms with Crippen molar-refractivity contribution in [1.82, 2.24) is 34.9 Å². The van der Waals surface area contributed by atoms with Crippen molar-refractivity contribution in [3.05, 3.63) is 40.8 Å². The lowest BCUT2D eigenvalue weighted by molar-refractivity contribution is 0.0503. The molecule has 3 atom stereocenters. The van der Waals surface area contributed by atoms with E-state index in [-0.39, 0.29) is 6.04 Å². The highest BCUT2D eigenvalue weighted by atomic mass is 79.9. The molecule has 182 valence electrons. The number of H-pyrrole nitrogens is 1. The van der Waals surface area contributed by atoms with E-state index >= 15 is 0 Å². The van der Waals surface area contributed by atoms with E-state index in [1.807, 2.05) is 45.0 Å². The van der Waals surface area contributed by atoms with Crippen molar-refractivity contribution < 1.29 is 9.53 Å². The number of benzene rings is 1. The fourth-order valence-electron chi connectivity index (χ4n) is 4.65. The number of hydrogen-bond acceptors (Lipinski definition) is 8. The van der Waals surface area contributed by atoms with Crippen molar-refractivity contribution in [2.45, 2.75) is 51.4 Å². The van der Waals surface area contributed by atoms with E-state index in [4.69, 9.17) is 14.7 Å². The zero-order valence-corrected chi connectivity index (χ0v) is 21.2. The largest absolute Gasteiger partial charge is 0.444 e. The van der Waals surface area contributed by atoms with E-state index in [1.165, 1.54) is 0 Å². The number of alkyl carbamates (subject to hydrolysis) is 1. The number of nitrogens with one attached hydrogen (secondary N) is 3. The fraction of sp³-hybridized carbons (Fsp3) is 0.435. The van der Waals surface area contributed by atoms with E-state index in [0.29, 0.717) is 42.6 Å². The number of rotatable bonds is 5. The lowest BCUT2D eigenvalue weighted by atomic mass is 10.2. The molecule has 3 aromatic heterocycles. The van der Waals surface area contributed by atoms with Crippen LogP contribution in [0.4, 0.5) is 16.7 Å². The molecule has 1 amide bonds. The summed E-state index contributed by atoms with van der Waals surface area (Å²) in [6, 6.07) is 8.21. The van der Waals surface area contributed by atoms with Crippen LogP contribution in [-0.2, 0) is 11.3 Å². The summed E-state index contributed by atoms with van der Waals surface area (Å²) in [7, 11) is 0. The average Bonchev–Trinajstić information content (AvgIpc) is 3.14. The number of nitrogens with zero attached hydrogens (tertiary/aromatic N) is 6. The summed E-state index contributed by atoms with van der Waals surface area (Å²) >= 11 is 3.55. The maximum atomic E-state index is 12.3. The first-order valence-corrected chi connectivity index (χ1v) is 12.4. The standard InChI is InChI=1S/C23H26BrN9O2/c1-23(2,3)35-22(34)29-16-11-32(17-8-12(16)17)21-30-19-13(24)9-26-33(19)20(31-21)25-10-18-27-14-6-4-5-7-15(14)28-18/h4-7,9,12,16-17H,8,10-11H2,1-3H3,(H,27,28)(H,29,34)(H,25,30,31)/t12-,16?,17+/m1/s1. The Kier molecular flexibility index (Phi) is 5.09. The number of anilines is 2. The molecule has 11 nitrogen and oxygen atoms in total. The Morgan fingerprint density at radius 2 is 2.09 bits per heavy atom. The zero-order valence-electron chi connectivity index (χ0n) is 19.6. The summed E-state index contributed by atoms with van der Waals surface area (Å²) in [4.78, 5) is 32.0. The predicted molar refractivity (Wildman–Crippen MR) is 134 cm³/mol. The third-order valence-corrected chi connectivity index (χ3v) is 6.80. The smallest absolute Gasteiger partial charge is 0.407 e. The molecule has 0 spiro atoms. The van der Waals surface area contributed by atoms with Crippen LogP contribution < -0.4 is 15.5 Å². The van der Waals surface area contributed by atoms with Gasteiger partial charge in [0.15, 0.2) is 5.65 Å². The van der Waals surface area contributed by atoms with Crippen molar-refractivity contribution in [1.29, 1.82) is 0 Å². The Bertz CT molecular complexity index is 1390. The summed E-state index contributed by atoms with van der Waals surface area (Å²) in [5.74, 6) is 2.34. The van der Waals surface area contributed by atoms with E-state index in [9.17, 15) is 4.79 Å². The number of aromatic amines is 1. The highest BCUT2D eigenvalue weighted by Crippen LogP contribution is 2.46. The maximum Gasteiger partial charge on any atom is 0.407 e. The Balaban J connectivity index is 1.23. The lowest BCUT2D eigenvalue weighted by Gasteiger charge is -2.24. The lowest BCUT2D eigenvalue weighted by Crippen LogP contribution is -2.43. The van der Waals surface area contributed by atoms with Gasteiger partial charge in [-0.15, -0.1) is 0 Å². The van der Waals surface area contributed by atoms with Crippen LogP contribution in [0.3, 0.4) is 0 Å². The number of amides is 1. The molecule has 3 N–H and O–H groups in total. The van der Waals surface area contributed by atoms with Gasteiger partial charge in [-0.05, 0) is 55.3 Å². The van der Waals surface area contributed by atoms with Gasteiger partial charge in [0.1, 0.15) is 11.4 Å². The van der Waals surface area contributed by atoms with Gasteiger partial charge in [0.25, 0.3) is 0 Å². The van der Waals surface area contributed by atoms with Gasteiger partial charge in [0, 0.05) is 18.5 Å². The van der Waals surface area contributed by atoms with E-state index in [2.05, 4.69) is 46.5 Å². The molecule has 1 saturated carbocycles. The van der Waals surface area contributed by atoms with Crippen molar-refractivity contribution in [2.24, 2.45) is 5.92 Å². The Labute approximate surface area is 209 Å². The van der Waals surface area contributed by atoms with Gasteiger partial charge in [-0.25, -0.2) is 9.78 Å². The van der Waals surface area contributed by atoms with Crippen LogP contribution in [-0.4, -0.2) is 59.9 Å². The predicted octanol–water partition coefficient (Wildman–Crippen LogP) is 3.48. The monoisotopic (exact) mass is 539 g/mol. The number of fused-ring (bicyclic) bond motifs is 3. The number of para-hydroxylation sites is 2. The molecule has 0 radical (unpaired) electrons. The number of halogens is 1. The summed E-state index contributed by atoms with van der Waals surface area (Å²) in [6.07, 6.45) is 2.30. The molecular weight excluding hydrogens is 514 g/mol. The zero-order chi connectivity index (χ0) is 24.3. The molecule has 1 aromatic carbocycles. The van der Waals surface area contributed by atoms with E-state index in [0.717, 1.165) is 27.8 Å².